The van der Waals surface area contributed by atoms with Gasteiger partial charge in [-0.05, 0) is 72.9 Å². The summed E-state index contributed by atoms with van der Waals surface area (Å²) in [7, 11) is 0. The molecule has 0 aliphatic carbocycles. The molecule has 3 N–H and O–H groups in total. The molecule has 1 aromatic heterocycles. The average Bonchev–Trinajstić information content (AvgIpc) is 2.94. The highest BCUT2D eigenvalue weighted by molar-refractivity contribution is 6.01. The molecule has 0 spiro atoms. The van der Waals surface area contributed by atoms with E-state index >= 15 is 0 Å². The van der Waals surface area contributed by atoms with E-state index in [1.165, 1.54) is 6.92 Å². The van der Waals surface area contributed by atoms with Gasteiger partial charge in [0.05, 0.1) is 5.71 Å². The fourth-order valence-corrected chi connectivity index (χ4v) is 4.58. The monoisotopic (exact) mass is 521 g/mol. The lowest BCUT2D eigenvalue weighted by atomic mass is 9.83. The van der Waals surface area contributed by atoms with Crippen LogP contribution in [0.15, 0.2) is 96.3 Å². The molecule has 7 nitrogen and oxygen atoms in total. The van der Waals surface area contributed by atoms with Crippen molar-refractivity contribution in [1.29, 1.82) is 0 Å². The fourth-order valence-electron chi connectivity index (χ4n) is 4.58. The third-order valence-corrected chi connectivity index (χ3v) is 6.82. The summed E-state index contributed by atoms with van der Waals surface area (Å²) in [5.41, 5.74) is 7.97. The number of carbonyl (C=O) groups is 2. The number of aromatic nitrogens is 1. The summed E-state index contributed by atoms with van der Waals surface area (Å²) in [5, 5.41) is 25.1. The molecule has 39 heavy (non-hydrogen) atoms. The first kappa shape index (κ1) is 27.3. The smallest absolute Gasteiger partial charge is 0.325 e. The number of aliphatic carboxylic acids is 1. The molecule has 0 aliphatic rings. The lowest BCUT2D eigenvalue weighted by Gasteiger charge is -2.21. The number of rotatable bonds is 9. The highest BCUT2D eigenvalue weighted by atomic mass is 16.4. The molecule has 0 aliphatic heterocycles. The number of aryl methyl sites for hydroxylation is 2. The number of carboxylic acid groups (broad SMARTS) is 1. The summed E-state index contributed by atoms with van der Waals surface area (Å²) < 4.78 is 0. The molecule has 2 atom stereocenters. The number of nitrogens with one attached hydrogen (secondary N) is 1. The van der Waals surface area contributed by atoms with E-state index in [-0.39, 0.29) is 5.92 Å². The minimum Gasteiger partial charge on any atom is -0.480 e. The normalized spacial score (nSPS) is 12.9. The van der Waals surface area contributed by atoms with Crippen LogP contribution in [-0.4, -0.2) is 38.9 Å². The zero-order chi connectivity index (χ0) is 27.9. The number of amides is 1. The predicted molar refractivity (Wildman–Crippen MR) is 151 cm³/mol. The molecular formula is C32H31N3O4. The Bertz CT molecular complexity index is 1490. The lowest BCUT2D eigenvalue weighted by Crippen LogP contribution is -2.38. The van der Waals surface area contributed by atoms with Crippen molar-refractivity contribution < 1.29 is 19.9 Å². The molecule has 1 amide bonds. The summed E-state index contributed by atoms with van der Waals surface area (Å²) in [6, 6.07) is 26.3. The SMILES string of the molecule is Cc1cc(C(C[C@@H](c2ccc(-c3ccc(C(=O)N[C@@H](C)C(=O)O)cc3)cc2)c2ccccc2C)=NO)ccn1. The van der Waals surface area contributed by atoms with Crippen LogP contribution < -0.4 is 5.32 Å². The molecule has 1 heterocycles. The maximum absolute atomic E-state index is 12.3. The van der Waals surface area contributed by atoms with E-state index in [4.69, 9.17) is 5.11 Å². The van der Waals surface area contributed by atoms with Gasteiger partial charge in [-0.2, -0.15) is 0 Å². The van der Waals surface area contributed by atoms with E-state index in [2.05, 4.69) is 46.6 Å². The molecule has 7 heteroatoms. The number of pyridine rings is 1. The third-order valence-electron chi connectivity index (χ3n) is 6.82. The first-order valence-electron chi connectivity index (χ1n) is 12.7. The van der Waals surface area contributed by atoms with Crippen molar-refractivity contribution in [3.63, 3.8) is 0 Å². The van der Waals surface area contributed by atoms with E-state index < -0.39 is 17.9 Å². The van der Waals surface area contributed by atoms with E-state index in [0.29, 0.717) is 17.7 Å². The van der Waals surface area contributed by atoms with Gasteiger partial charge in [0.2, 0.25) is 0 Å². The average molecular weight is 522 g/mol. The first-order valence-corrected chi connectivity index (χ1v) is 12.7. The highest BCUT2D eigenvalue weighted by Crippen LogP contribution is 2.33. The van der Waals surface area contributed by atoms with Gasteiger partial charge in [-0.25, -0.2) is 0 Å². The van der Waals surface area contributed by atoms with Crippen molar-refractivity contribution in [2.75, 3.05) is 0 Å². The van der Waals surface area contributed by atoms with Crippen LogP contribution in [0.1, 0.15) is 57.6 Å². The summed E-state index contributed by atoms with van der Waals surface area (Å²) in [6.45, 7) is 5.41. The van der Waals surface area contributed by atoms with Gasteiger partial charge in [-0.15, -0.1) is 0 Å². The second-order valence-corrected chi connectivity index (χ2v) is 9.58. The van der Waals surface area contributed by atoms with Gasteiger partial charge in [0.1, 0.15) is 6.04 Å². The number of oxime groups is 1. The van der Waals surface area contributed by atoms with Crippen LogP contribution >= 0.6 is 0 Å². The summed E-state index contributed by atoms with van der Waals surface area (Å²) in [4.78, 5) is 27.6. The Balaban J connectivity index is 1.60. The van der Waals surface area contributed by atoms with Gasteiger partial charge in [-0.1, -0.05) is 65.8 Å². The van der Waals surface area contributed by atoms with Crippen molar-refractivity contribution in [1.82, 2.24) is 10.3 Å². The molecule has 4 rings (SSSR count). The van der Waals surface area contributed by atoms with Gasteiger partial charge >= 0.3 is 5.97 Å². The van der Waals surface area contributed by atoms with Crippen LogP contribution in [0.3, 0.4) is 0 Å². The number of benzene rings is 3. The van der Waals surface area contributed by atoms with Crippen molar-refractivity contribution in [2.24, 2.45) is 5.16 Å². The second kappa shape index (κ2) is 12.2. The van der Waals surface area contributed by atoms with Crippen LogP contribution in [0, 0.1) is 13.8 Å². The van der Waals surface area contributed by atoms with Gasteiger partial charge in [-0.3, -0.25) is 14.6 Å². The summed E-state index contributed by atoms with van der Waals surface area (Å²) >= 11 is 0. The molecule has 0 fully saturated rings. The Morgan fingerprint density at radius 1 is 0.897 bits per heavy atom. The van der Waals surface area contributed by atoms with E-state index in [1.54, 1.807) is 18.3 Å². The Morgan fingerprint density at radius 3 is 2.13 bits per heavy atom. The van der Waals surface area contributed by atoms with Crippen LogP contribution in [0.2, 0.25) is 0 Å². The van der Waals surface area contributed by atoms with Crippen LogP contribution in [0.25, 0.3) is 11.1 Å². The van der Waals surface area contributed by atoms with Gasteiger partial charge in [0, 0.05) is 35.4 Å². The molecule has 0 saturated heterocycles. The summed E-state index contributed by atoms with van der Waals surface area (Å²) in [6.07, 6.45) is 2.22. The molecule has 4 aromatic rings. The van der Waals surface area contributed by atoms with Crippen molar-refractivity contribution in [2.45, 2.75) is 39.2 Å². The quantitative estimate of drug-likeness (QED) is 0.143. The highest BCUT2D eigenvalue weighted by Gasteiger charge is 2.21. The third kappa shape index (κ3) is 6.57. The zero-order valence-electron chi connectivity index (χ0n) is 22.1. The van der Waals surface area contributed by atoms with E-state index in [1.807, 2.05) is 55.5 Å². The van der Waals surface area contributed by atoms with Crippen molar-refractivity contribution in [3.8, 4) is 11.1 Å². The van der Waals surface area contributed by atoms with Crippen LogP contribution in [-0.2, 0) is 4.79 Å². The number of carboxylic acids is 1. The number of carbonyl (C=O) groups excluding carboxylic acids is 1. The second-order valence-electron chi connectivity index (χ2n) is 9.58. The molecule has 0 bridgehead atoms. The first-order chi connectivity index (χ1) is 18.8. The topological polar surface area (TPSA) is 112 Å². The number of hydrogen-bond acceptors (Lipinski definition) is 5. The molecule has 0 unspecified atom stereocenters. The Kier molecular flexibility index (Phi) is 8.51. The van der Waals surface area contributed by atoms with Crippen LogP contribution in [0.4, 0.5) is 0 Å². The van der Waals surface area contributed by atoms with Gasteiger partial charge in [0.25, 0.3) is 5.91 Å². The molecule has 198 valence electrons. The Morgan fingerprint density at radius 2 is 1.54 bits per heavy atom. The van der Waals surface area contributed by atoms with Crippen molar-refractivity contribution in [3.05, 3.63) is 125 Å². The van der Waals surface area contributed by atoms with Crippen LogP contribution in [0.5, 0.6) is 0 Å². The lowest BCUT2D eigenvalue weighted by molar-refractivity contribution is -0.138. The molecule has 0 radical (unpaired) electrons. The fraction of sp³-hybridized carbons (Fsp3) is 0.188. The summed E-state index contributed by atoms with van der Waals surface area (Å²) in [5.74, 6) is -1.56. The van der Waals surface area contributed by atoms with Gasteiger partial charge in [0.15, 0.2) is 0 Å². The minimum atomic E-state index is -1.09. The molecule has 0 saturated carbocycles. The number of nitrogens with zero attached hydrogens (tertiary/aromatic N) is 2. The standard InChI is InChI=1S/C32H31N3O4/c1-20-6-4-5-7-28(20)29(19-30(35-39)27-16-17-33-21(2)18-27)25-12-8-23(9-13-25)24-10-14-26(15-11-24)31(36)34-22(3)32(37)38/h4-18,22,29,39H,19H2,1-3H3,(H,34,36)(H,37,38)/t22-,29-/m0/s1. The van der Waals surface area contributed by atoms with E-state index in [0.717, 1.165) is 39.1 Å². The zero-order valence-corrected chi connectivity index (χ0v) is 22.1. The Hall–Kier alpha value is -4.78. The Labute approximate surface area is 227 Å². The number of hydrogen-bond donors (Lipinski definition) is 3. The molecule has 3 aromatic carbocycles. The van der Waals surface area contributed by atoms with Gasteiger partial charge < -0.3 is 15.6 Å². The predicted octanol–water partition coefficient (Wildman–Crippen LogP) is 5.97. The maximum atomic E-state index is 12.3. The largest absolute Gasteiger partial charge is 0.480 e. The molecular weight excluding hydrogens is 490 g/mol. The minimum absolute atomic E-state index is 0.0399. The van der Waals surface area contributed by atoms with E-state index in [9.17, 15) is 14.8 Å². The maximum Gasteiger partial charge on any atom is 0.325 e. The van der Waals surface area contributed by atoms with Crippen molar-refractivity contribution >= 4 is 17.6 Å².